The number of phenolic OH excluding ortho intramolecular Hbond substituents is 1. The number of non-ortho nitro benzene ring substituents is 1. The van der Waals surface area contributed by atoms with Crippen LogP contribution in [0, 0.1) is 24.0 Å². The number of rotatable bonds is 4. The van der Waals surface area contributed by atoms with E-state index in [-0.39, 0.29) is 11.4 Å². The number of hydrogen-bond acceptors (Lipinski definition) is 5. The van der Waals surface area contributed by atoms with Crippen molar-refractivity contribution in [2.24, 2.45) is 0 Å². The number of nitro groups is 1. The van der Waals surface area contributed by atoms with Crippen LogP contribution >= 0.6 is 0 Å². The Morgan fingerprint density at radius 1 is 1.08 bits per heavy atom. The smallest absolute Gasteiger partial charge is 0.270 e. The molecule has 6 nitrogen and oxygen atoms in total. The Hall–Kier alpha value is -2.60. The quantitative estimate of drug-likeness (QED) is 0.683. The number of phenols is 1. The molecule has 1 saturated heterocycles. The highest BCUT2D eigenvalue weighted by atomic mass is 16.6. The van der Waals surface area contributed by atoms with Crippen LogP contribution in [0.4, 0.5) is 11.4 Å². The van der Waals surface area contributed by atoms with Crippen LogP contribution in [0.5, 0.6) is 5.75 Å². The summed E-state index contributed by atoms with van der Waals surface area (Å²) in [5, 5.41) is 20.9. The van der Waals surface area contributed by atoms with Crippen molar-refractivity contribution in [3.8, 4) is 5.75 Å². The Bertz CT molecular complexity index is 783. The molecular weight excluding hydrogens is 318 g/mol. The maximum Gasteiger partial charge on any atom is 0.270 e. The minimum atomic E-state index is -0.429. The molecule has 2 aromatic rings. The molecule has 3 rings (SSSR count). The van der Waals surface area contributed by atoms with Crippen LogP contribution in [-0.4, -0.2) is 41.1 Å². The molecule has 25 heavy (non-hydrogen) atoms. The molecule has 0 aliphatic carbocycles. The normalized spacial score (nSPS) is 15.4. The third-order valence-electron chi connectivity index (χ3n) is 4.75. The number of nitro benzene ring substituents is 1. The minimum absolute atomic E-state index is 0.0156. The van der Waals surface area contributed by atoms with Gasteiger partial charge >= 0.3 is 0 Å². The van der Waals surface area contributed by atoms with Gasteiger partial charge in [-0.25, -0.2) is 0 Å². The second kappa shape index (κ2) is 7.11. The average Bonchev–Trinajstić information content (AvgIpc) is 2.59. The molecule has 132 valence electrons. The van der Waals surface area contributed by atoms with Gasteiger partial charge in [-0.3, -0.25) is 15.0 Å². The highest BCUT2D eigenvalue weighted by Gasteiger charge is 2.20. The Balaban J connectivity index is 1.66. The first kappa shape index (κ1) is 17.2. The predicted molar refractivity (Wildman–Crippen MR) is 98.2 cm³/mol. The molecule has 1 aliphatic heterocycles. The number of hydrogen-bond donors (Lipinski definition) is 1. The van der Waals surface area contributed by atoms with Gasteiger partial charge in [0.1, 0.15) is 5.75 Å². The van der Waals surface area contributed by atoms with Crippen LogP contribution in [0.25, 0.3) is 0 Å². The molecule has 0 aromatic heterocycles. The van der Waals surface area contributed by atoms with E-state index in [0.717, 1.165) is 26.2 Å². The number of benzene rings is 2. The van der Waals surface area contributed by atoms with E-state index in [1.807, 2.05) is 0 Å². The molecule has 1 fully saturated rings. The molecule has 0 radical (unpaired) electrons. The molecule has 1 heterocycles. The molecular formula is C19H23N3O3. The number of aromatic hydroxyl groups is 1. The summed E-state index contributed by atoms with van der Waals surface area (Å²) in [6.45, 7) is 8.27. The molecule has 2 aromatic carbocycles. The monoisotopic (exact) mass is 341 g/mol. The SMILES string of the molecule is Cc1ccc(C)c(N2CCN(Cc3cc([N+](=O)[O-])ccc3O)CC2)c1. The van der Waals surface area contributed by atoms with Crippen LogP contribution in [0.1, 0.15) is 16.7 Å². The van der Waals surface area contributed by atoms with Gasteiger partial charge in [-0.2, -0.15) is 0 Å². The van der Waals surface area contributed by atoms with Gasteiger partial charge in [0.15, 0.2) is 0 Å². The Morgan fingerprint density at radius 3 is 2.48 bits per heavy atom. The lowest BCUT2D eigenvalue weighted by Gasteiger charge is -2.37. The topological polar surface area (TPSA) is 69.9 Å². The molecule has 1 N–H and O–H groups in total. The molecule has 0 bridgehead atoms. The molecule has 1 aliphatic rings. The minimum Gasteiger partial charge on any atom is -0.508 e. The van der Waals surface area contributed by atoms with Crippen molar-refractivity contribution >= 4 is 11.4 Å². The lowest BCUT2D eigenvalue weighted by Crippen LogP contribution is -2.46. The van der Waals surface area contributed by atoms with E-state index in [1.165, 1.54) is 35.0 Å². The largest absolute Gasteiger partial charge is 0.508 e. The van der Waals surface area contributed by atoms with Crippen LogP contribution < -0.4 is 4.90 Å². The molecule has 6 heteroatoms. The maximum absolute atomic E-state index is 10.9. The average molecular weight is 341 g/mol. The van der Waals surface area contributed by atoms with E-state index in [2.05, 4.69) is 41.8 Å². The summed E-state index contributed by atoms with van der Waals surface area (Å²) in [4.78, 5) is 15.1. The summed E-state index contributed by atoms with van der Waals surface area (Å²) in [7, 11) is 0. The van der Waals surface area contributed by atoms with Crippen molar-refractivity contribution in [1.29, 1.82) is 0 Å². The number of aryl methyl sites for hydroxylation is 2. The second-order valence-corrected chi connectivity index (χ2v) is 6.62. The number of nitrogens with zero attached hydrogens (tertiary/aromatic N) is 3. The second-order valence-electron chi connectivity index (χ2n) is 6.62. The van der Waals surface area contributed by atoms with E-state index in [0.29, 0.717) is 12.1 Å². The molecule has 0 atom stereocenters. The summed E-state index contributed by atoms with van der Waals surface area (Å²) in [6.07, 6.45) is 0. The number of anilines is 1. The van der Waals surface area contributed by atoms with Gasteiger partial charge in [-0.05, 0) is 37.1 Å². The van der Waals surface area contributed by atoms with Gasteiger partial charge in [-0.15, -0.1) is 0 Å². The first-order valence-corrected chi connectivity index (χ1v) is 8.45. The van der Waals surface area contributed by atoms with Crippen molar-refractivity contribution in [3.63, 3.8) is 0 Å². The van der Waals surface area contributed by atoms with Gasteiger partial charge in [0, 0.05) is 56.1 Å². The summed E-state index contributed by atoms with van der Waals surface area (Å²) in [5.74, 6) is 0.113. The fourth-order valence-electron chi connectivity index (χ4n) is 3.26. The third kappa shape index (κ3) is 3.91. The molecule has 0 unspecified atom stereocenters. The molecule has 0 spiro atoms. The van der Waals surface area contributed by atoms with E-state index in [1.54, 1.807) is 0 Å². The Kier molecular flexibility index (Phi) is 4.90. The van der Waals surface area contributed by atoms with Gasteiger partial charge in [0.05, 0.1) is 4.92 Å². The third-order valence-corrected chi connectivity index (χ3v) is 4.75. The van der Waals surface area contributed by atoms with E-state index in [9.17, 15) is 15.2 Å². The predicted octanol–water partition coefficient (Wildman–Crippen LogP) is 3.24. The van der Waals surface area contributed by atoms with Crippen molar-refractivity contribution in [2.45, 2.75) is 20.4 Å². The van der Waals surface area contributed by atoms with E-state index >= 15 is 0 Å². The maximum atomic E-state index is 10.9. The summed E-state index contributed by atoms with van der Waals surface area (Å²) < 4.78 is 0. The standard InChI is InChI=1S/C19H23N3O3/c1-14-3-4-15(2)18(11-14)21-9-7-20(8-10-21)13-16-12-17(22(24)25)5-6-19(16)23/h3-6,11-12,23H,7-10,13H2,1-2H3. The lowest BCUT2D eigenvalue weighted by atomic mass is 10.1. The van der Waals surface area contributed by atoms with Crippen molar-refractivity contribution in [3.05, 3.63) is 63.2 Å². The van der Waals surface area contributed by atoms with Crippen molar-refractivity contribution in [2.75, 3.05) is 31.1 Å². The highest BCUT2D eigenvalue weighted by molar-refractivity contribution is 5.55. The summed E-state index contributed by atoms with van der Waals surface area (Å²) in [5.41, 5.74) is 4.42. The molecule has 0 saturated carbocycles. The van der Waals surface area contributed by atoms with Crippen molar-refractivity contribution < 1.29 is 10.0 Å². The summed E-state index contributed by atoms with van der Waals surface area (Å²) >= 11 is 0. The van der Waals surface area contributed by atoms with Crippen LogP contribution in [0.15, 0.2) is 36.4 Å². The fraction of sp³-hybridized carbons (Fsp3) is 0.368. The lowest BCUT2D eigenvalue weighted by molar-refractivity contribution is -0.385. The zero-order chi connectivity index (χ0) is 18.0. The van der Waals surface area contributed by atoms with Crippen LogP contribution in [0.2, 0.25) is 0 Å². The van der Waals surface area contributed by atoms with E-state index < -0.39 is 4.92 Å². The number of piperazine rings is 1. The van der Waals surface area contributed by atoms with Crippen LogP contribution in [-0.2, 0) is 6.54 Å². The van der Waals surface area contributed by atoms with E-state index in [4.69, 9.17) is 0 Å². The summed E-state index contributed by atoms with van der Waals surface area (Å²) in [6, 6.07) is 10.7. The Labute approximate surface area is 147 Å². The van der Waals surface area contributed by atoms with Crippen molar-refractivity contribution in [1.82, 2.24) is 4.90 Å². The highest BCUT2D eigenvalue weighted by Crippen LogP contribution is 2.26. The van der Waals surface area contributed by atoms with Gasteiger partial charge < -0.3 is 10.0 Å². The first-order valence-electron chi connectivity index (χ1n) is 8.45. The Morgan fingerprint density at radius 2 is 1.80 bits per heavy atom. The molecule has 0 amide bonds. The van der Waals surface area contributed by atoms with Gasteiger partial charge in [0.25, 0.3) is 5.69 Å². The fourth-order valence-corrected chi connectivity index (χ4v) is 3.26. The first-order chi connectivity index (χ1) is 11.9. The van der Waals surface area contributed by atoms with Gasteiger partial charge in [0.2, 0.25) is 0 Å². The zero-order valence-electron chi connectivity index (χ0n) is 14.6. The van der Waals surface area contributed by atoms with Crippen LogP contribution in [0.3, 0.4) is 0 Å². The van der Waals surface area contributed by atoms with Gasteiger partial charge in [-0.1, -0.05) is 12.1 Å². The zero-order valence-corrected chi connectivity index (χ0v) is 14.6.